The van der Waals surface area contributed by atoms with E-state index in [4.69, 9.17) is 5.73 Å². The van der Waals surface area contributed by atoms with E-state index < -0.39 is 0 Å². The third kappa shape index (κ3) is 3.95. The first-order valence-corrected chi connectivity index (χ1v) is 8.14. The Morgan fingerprint density at radius 1 is 1.05 bits per heavy atom. The highest BCUT2D eigenvalue weighted by atomic mass is 16.1. The van der Waals surface area contributed by atoms with E-state index in [1.165, 1.54) is 25.7 Å². The highest BCUT2D eigenvalue weighted by Gasteiger charge is 2.31. The molecule has 2 unspecified atom stereocenters. The molecule has 2 aliphatic carbocycles. The average Bonchev–Trinajstić information content (AvgIpc) is 2.39. The third-order valence-electron chi connectivity index (χ3n) is 5.15. The lowest BCUT2D eigenvalue weighted by atomic mass is 9.77. The van der Waals surface area contributed by atoms with Crippen LogP contribution in [0.4, 0.5) is 0 Å². The van der Waals surface area contributed by atoms with Gasteiger partial charge < -0.3 is 11.1 Å². The van der Waals surface area contributed by atoms with Crippen molar-refractivity contribution in [3.05, 3.63) is 0 Å². The molecule has 2 saturated carbocycles. The molecule has 0 aromatic carbocycles. The van der Waals surface area contributed by atoms with Gasteiger partial charge in [-0.2, -0.15) is 0 Å². The fourth-order valence-electron chi connectivity index (χ4n) is 3.82. The third-order valence-corrected chi connectivity index (χ3v) is 5.15. The van der Waals surface area contributed by atoms with Crippen molar-refractivity contribution in [3.8, 4) is 0 Å². The van der Waals surface area contributed by atoms with Crippen molar-refractivity contribution < 1.29 is 4.79 Å². The molecule has 0 aromatic rings. The van der Waals surface area contributed by atoms with Gasteiger partial charge in [-0.05, 0) is 50.4 Å². The summed E-state index contributed by atoms with van der Waals surface area (Å²) in [7, 11) is 0. The molecular formula is C16H30N2O. The summed E-state index contributed by atoms with van der Waals surface area (Å²) < 4.78 is 0. The number of nitrogens with two attached hydrogens (primary N) is 1. The van der Waals surface area contributed by atoms with Crippen LogP contribution < -0.4 is 11.1 Å². The van der Waals surface area contributed by atoms with Gasteiger partial charge in [0.05, 0.1) is 0 Å². The quantitative estimate of drug-likeness (QED) is 0.825. The minimum absolute atomic E-state index is 0.217. The Kier molecular flexibility index (Phi) is 5.26. The van der Waals surface area contributed by atoms with Gasteiger partial charge in [-0.3, -0.25) is 4.79 Å². The number of hydrogen-bond acceptors (Lipinski definition) is 2. The Bertz CT molecular complexity index is 295. The minimum atomic E-state index is 0.217. The molecule has 19 heavy (non-hydrogen) atoms. The van der Waals surface area contributed by atoms with Crippen molar-refractivity contribution in [2.75, 3.05) is 0 Å². The van der Waals surface area contributed by atoms with E-state index in [1.807, 2.05) is 0 Å². The second-order valence-corrected chi connectivity index (χ2v) is 6.92. The number of carbonyl (C=O) groups excluding carboxylic acids is 1. The predicted molar refractivity (Wildman–Crippen MR) is 78.7 cm³/mol. The normalized spacial score (nSPS) is 36.2. The van der Waals surface area contributed by atoms with Crippen molar-refractivity contribution in [2.24, 2.45) is 23.5 Å². The molecule has 3 N–H and O–H groups in total. The van der Waals surface area contributed by atoms with Crippen molar-refractivity contribution in [2.45, 2.75) is 77.3 Å². The monoisotopic (exact) mass is 266 g/mol. The fraction of sp³-hybridized carbons (Fsp3) is 0.938. The Morgan fingerprint density at radius 3 is 2.32 bits per heavy atom. The van der Waals surface area contributed by atoms with E-state index in [-0.39, 0.29) is 5.92 Å². The lowest BCUT2D eigenvalue weighted by molar-refractivity contribution is -0.127. The summed E-state index contributed by atoms with van der Waals surface area (Å²) in [5.74, 6) is 1.85. The Labute approximate surface area is 117 Å². The fourth-order valence-corrected chi connectivity index (χ4v) is 3.82. The van der Waals surface area contributed by atoms with Gasteiger partial charge in [0.15, 0.2) is 0 Å². The highest BCUT2D eigenvalue weighted by molar-refractivity contribution is 5.79. The summed E-state index contributed by atoms with van der Waals surface area (Å²) in [5.41, 5.74) is 5.91. The predicted octanol–water partition coefficient (Wildman–Crippen LogP) is 2.83. The molecule has 0 aliphatic heterocycles. The number of amides is 1. The van der Waals surface area contributed by atoms with Crippen molar-refractivity contribution in [1.82, 2.24) is 5.32 Å². The lowest BCUT2D eigenvalue weighted by Crippen LogP contribution is -2.47. The number of rotatable bonds is 3. The maximum absolute atomic E-state index is 12.4. The van der Waals surface area contributed by atoms with Gasteiger partial charge in [0.25, 0.3) is 0 Å². The van der Waals surface area contributed by atoms with Crippen molar-refractivity contribution in [3.63, 3.8) is 0 Å². The average molecular weight is 266 g/mol. The molecule has 0 saturated heterocycles. The zero-order valence-electron chi connectivity index (χ0n) is 12.5. The summed E-state index contributed by atoms with van der Waals surface area (Å²) in [6.07, 6.45) is 9.01. The van der Waals surface area contributed by atoms with Gasteiger partial charge in [0.1, 0.15) is 0 Å². The Hall–Kier alpha value is -0.570. The van der Waals surface area contributed by atoms with Crippen LogP contribution in [0, 0.1) is 17.8 Å². The maximum Gasteiger partial charge on any atom is 0.223 e. The summed E-state index contributed by atoms with van der Waals surface area (Å²) in [4.78, 5) is 12.4. The molecule has 0 heterocycles. The van der Waals surface area contributed by atoms with Crippen LogP contribution in [-0.4, -0.2) is 18.0 Å². The smallest absolute Gasteiger partial charge is 0.223 e. The molecule has 2 fully saturated rings. The first-order chi connectivity index (χ1) is 9.08. The highest BCUT2D eigenvalue weighted by Crippen LogP contribution is 2.31. The van der Waals surface area contributed by atoms with E-state index in [9.17, 15) is 4.79 Å². The summed E-state index contributed by atoms with van der Waals surface area (Å²) in [6.45, 7) is 4.57. The molecule has 0 aromatic heterocycles. The van der Waals surface area contributed by atoms with Gasteiger partial charge >= 0.3 is 0 Å². The van der Waals surface area contributed by atoms with Crippen LogP contribution in [0.2, 0.25) is 0 Å². The van der Waals surface area contributed by atoms with Crippen LogP contribution >= 0.6 is 0 Å². The topological polar surface area (TPSA) is 55.1 Å². The van der Waals surface area contributed by atoms with E-state index in [2.05, 4.69) is 19.2 Å². The molecule has 2 atom stereocenters. The SMILES string of the molecule is CC(C)C1CCCCC1NC(=O)C1CCC(N)CC1. The van der Waals surface area contributed by atoms with Crippen LogP contribution in [0.25, 0.3) is 0 Å². The first kappa shape index (κ1) is 14.8. The number of nitrogens with one attached hydrogen (secondary N) is 1. The summed E-state index contributed by atoms with van der Waals surface area (Å²) >= 11 is 0. The molecule has 0 spiro atoms. The molecular weight excluding hydrogens is 236 g/mol. The molecule has 1 amide bonds. The molecule has 2 aliphatic rings. The molecule has 110 valence electrons. The standard InChI is InChI=1S/C16H30N2O/c1-11(2)14-5-3-4-6-15(14)18-16(19)12-7-9-13(17)10-8-12/h11-15H,3-10,17H2,1-2H3,(H,18,19). The zero-order valence-corrected chi connectivity index (χ0v) is 12.5. The molecule has 0 radical (unpaired) electrons. The Morgan fingerprint density at radius 2 is 1.68 bits per heavy atom. The van der Waals surface area contributed by atoms with Gasteiger partial charge in [0.2, 0.25) is 5.91 Å². The largest absolute Gasteiger partial charge is 0.353 e. The molecule has 3 nitrogen and oxygen atoms in total. The molecule has 2 rings (SSSR count). The van der Waals surface area contributed by atoms with Gasteiger partial charge in [0, 0.05) is 18.0 Å². The number of carbonyl (C=O) groups is 1. The zero-order chi connectivity index (χ0) is 13.8. The van der Waals surface area contributed by atoms with Gasteiger partial charge in [-0.1, -0.05) is 26.7 Å². The second-order valence-electron chi connectivity index (χ2n) is 6.92. The minimum Gasteiger partial charge on any atom is -0.353 e. The maximum atomic E-state index is 12.4. The summed E-state index contributed by atoms with van der Waals surface area (Å²) in [5, 5.41) is 3.36. The van der Waals surface area contributed by atoms with Gasteiger partial charge in [-0.25, -0.2) is 0 Å². The lowest BCUT2D eigenvalue weighted by Gasteiger charge is -2.36. The first-order valence-electron chi connectivity index (χ1n) is 8.14. The number of hydrogen-bond donors (Lipinski definition) is 2. The molecule has 3 heteroatoms. The van der Waals surface area contributed by atoms with Crippen LogP contribution in [0.15, 0.2) is 0 Å². The van der Waals surface area contributed by atoms with Crippen LogP contribution in [0.3, 0.4) is 0 Å². The van der Waals surface area contributed by atoms with Gasteiger partial charge in [-0.15, -0.1) is 0 Å². The van der Waals surface area contributed by atoms with E-state index in [0.29, 0.717) is 29.8 Å². The van der Waals surface area contributed by atoms with Crippen LogP contribution in [0.5, 0.6) is 0 Å². The summed E-state index contributed by atoms with van der Waals surface area (Å²) in [6, 6.07) is 0.735. The van der Waals surface area contributed by atoms with E-state index in [0.717, 1.165) is 25.7 Å². The molecule has 0 bridgehead atoms. The van der Waals surface area contributed by atoms with Crippen molar-refractivity contribution in [1.29, 1.82) is 0 Å². The van der Waals surface area contributed by atoms with E-state index in [1.54, 1.807) is 0 Å². The van der Waals surface area contributed by atoms with Crippen LogP contribution in [0.1, 0.15) is 65.2 Å². The second kappa shape index (κ2) is 6.74. The van der Waals surface area contributed by atoms with E-state index >= 15 is 0 Å². The van der Waals surface area contributed by atoms with Crippen molar-refractivity contribution >= 4 is 5.91 Å². The van der Waals surface area contributed by atoms with Crippen LogP contribution in [-0.2, 0) is 4.79 Å². The Balaban J connectivity index is 1.86.